The molecule has 0 saturated heterocycles. The molecule has 0 aromatic rings. The third kappa shape index (κ3) is 6.83. The fourth-order valence-electron chi connectivity index (χ4n) is 0.464. The summed E-state index contributed by atoms with van der Waals surface area (Å²) in [7, 11) is 0. The molecular formula is C7H13NO3. The van der Waals surface area contributed by atoms with Crippen molar-refractivity contribution < 1.29 is 14.3 Å². The number of esters is 1. The standard InChI is InChI=1S/C7H13NO3/c1-3-4-11-7(10)5-8-6(2)9/h3-5H2,1-2H3,(H,8,9). The van der Waals surface area contributed by atoms with E-state index in [0.29, 0.717) is 6.61 Å². The molecule has 0 radical (unpaired) electrons. The fourth-order valence-corrected chi connectivity index (χ4v) is 0.464. The lowest BCUT2D eigenvalue weighted by Gasteiger charge is -2.02. The lowest BCUT2D eigenvalue weighted by atomic mass is 10.5. The lowest BCUT2D eigenvalue weighted by molar-refractivity contribution is -0.143. The predicted octanol–water partition coefficient (Wildman–Crippen LogP) is 0.0757. The van der Waals surface area contributed by atoms with Crippen molar-refractivity contribution in [2.45, 2.75) is 20.3 Å². The average Bonchev–Trinajstić information content (AvgIpc) is 1.97. The third-order valence-electron chi connectivity index (χ3n) is 0.949. The van der Waals surface area contributed by atoms with Gasteiger partial charge in [-0.3, -0.25) is 9.59 Å². The minimum absolute atomic E-state index is 0.0324. The summed E-state index contributed by atoms with van der Waals surface area (Å²) in [5.74, 6) is -0.611. The van der Waals surface area contributed by atoms with Gasteiger partial charge in [0.2, 0.25) is 5.91 Å². The maximum absolute atomic E-state index is 10.7. The molecule has 0 aromatic carbocycles. The zero-order valence-electron chi connectivity index (χ0n) is 6.85. The second-order valence-corrected chi connectivity index (χ2v) is 2.13. The Kier molecular flexibility index (Phi) is 5.15. The van der Waals surface area contributed by atoms with Crippen LogP contribution in [0.1, 0.15) is 20.3 Å². The molecule has 0 heterocycles. The molecule has 1 N–H and O–H groups in total. The molecule has 0 fully saturated rings. The number of rotatable bonds is 4. The van der Waals surface area contributed by atoms with E-state index in [1.54, 1.807) is 0 Å². The van der Waals surface area contributed by atoms with Gasteiger partial charge in [-0.15, -0.1) is 0 Å². The minimum Gasteiger partial charge on any atom is -0.464 e. The van der Waals surface area contributed by atoms with Crippen molar-refractivity contribution in [1.82, 2.24) is 5.32 Å². The van der Waals surface area contributed by atoms with Crippen molar-refractivity contribution >= 4 is 11.9 Å². The highest BCUT2D eigenvalue weighted by Crippen LogP contribution is 1.80. The van der Waals surface area contributed by atoms with E-state index >= 15 is 0 Å². The quantitative estimate of drug-likeness (QED) is 0.591. The summed E-state index contributed by atoms with van der Waals surface area (Å²) < 4.78 is 4.69. The molecule has 64 valence electrons. The highest BCUT2D eigenvalue weighted by molar-refractivity contribution is 5.80. The summed E-state index contributed by atoms with van der Waals surface area (Å²) >= 11 is 0. The first kappa shape index (κ1) is 9.94. The summed E-state index contributed by atoms with van der Waals surface area (Å²) in [6.07, 6.45) is 0.797. The van der Waals surface area contributed by atoms with Crippen LogP contribution in [-0.2, 0) is 14.3 Å². The number of carbonyl (C=O) groups excluding carboxylic acids is 2. The predicted molar refractivity (Wildman–Crippen MR) is 39.9 cm³/mol. The first-order valence-electron chi connectivity index (χ1n) is 3.57. The summed E-state index contributed by atoms with van der Waals surface area (Å²) in [4.78, 5) is 21.0. The van der Waals surface area contributed by atoms with E-state index in [1.165, 1.54) is 6.92 Å². The molecule has 0 aliphatic heterocycles. The van der Waals surface area contributed by atoms with Gasteiger partial charge in [0.15, 0.2) is 0 Å². The van der Waals surface area contributed by atoms with Crippen LogP contribution >= 0.6 is 0 Å². The summed E-state index contributed by atoms with van der Waals surface area (Å²) in [5, 5.41) is 2.34. The van der Waals surface area contributed by atoms with Crippen molar-refractivity contribution in [2.75, 3.05) is 13.2 Å². The van der Waals surface area contributed by atoms with Gasteiger partial charge in [-0.2, -0.15) is 0 Å². The molecule has 0 aromatic heterocycles. The Morgan fingerprint density at radius 2 is 2.09 bits per heavy atom. The SMILES string of the molecule is CCCOC(=O)CNC(C)=O. The molecule has 1 amide bonds. The molecule has 0 rings (SSSR count). The molecule has 0 bridgehead atoms. The van der Waals surface area contributed by atoms with Gasteiger partial charge in [0, 0.05) is 6.92 Å². The minimum atomic E-state index is -0.387. The fraction of sp³-hybridized carbons (Fsp3) is 0.714. The van der Waals surface area contributed by atoms with Crippen molar-refractivity contribution in [1.29, 1.82) is 0 Å². The van der Waals surface area contributed by atoms with Gasteiger partial charge in [0.25, 0.3) is 0 Å². The highest BCUT2D eigenvalue weighted by atomic mass is 16.5. The van der Waals surface area contributed by atoms with Crippen LogP contribution < -0.4 is 5.32 Å². The normalized spacial score (nSPS) is 8.91. The van der Waals surface area contributed by atoms with Crippen LogP contribution in [0.4, 0.5) is 0 Å². The first-order valence-corrected chi connectivity index (χ1v) is 3.57. The van der Waals surface area contributed by atoms with E-state index in [4.69, 9.17) is 0 Å². The van der Waals surface area contributed by atoms with Crippen molar-refractivity contribution in [2.24, 2.45) is 0 Å². The number of amides is 1. The maximum atomic E-state index is 10.7. The average molecular weight is 159 g/mol. The topological polar surface area (TPSA) is 55.4 Å². The molecule has 0 aliphatic rings. The first-order chi connectivity index (χ1) is 5.16. The summed E-state index contributed by atoms with van der Waals surface area (Å²) in [6, 6.07) is 0. The molecule has 0 saturated carbocycles. The Labute approximate surface area is 65.9 Å². The molecule has 4 heteroatoms. The van der Waals surface area contributed by atoms with Crippen LogP contribution in [-0.4, -0.2) is 25.0 Å². The van der Waals surface area contributed by atoms with Crippen LogP contribution in [0.2, 0.25) is 0 Å². The second-order valence-electron chi connectivity index (χ2n) is 2.13. The maximum Gasteiger partial charge on any atom is 0.325 e. The van der Waals surface area contributed by atoms with Crippen molar-refractivity contribution in [3.05, 3.63) is 0 Å². The number of hydrogen-bond acceptors (Lipinski definition) is 3. The number of nitrogens with one attached hydrogen (secondary N) is 1. The lowest BCUT2D eigenvalue weighted by Crippen LogP contribution is -2.28. The monoisotopic (exact) mass is 159 g/mol. The van der Waals surface area contributed by atoms with Crippen LogP contribution in [0.5, 0.6) is 0 Å². The van der Waals surface area contributed by atoms with E-state index < -0.39 is 0 Å². The van der Waals surface area contributed by atoms with E-state index in [9.17, 15) is 9.59 Å². The van der Waals surface area contributed by atoms with Gasteiger partial charge in [-0.25, -0.2) is 0 Å². The molecule has 4 nitrogen and oxygen atoms in total. The van der Waals surface area contributed by atoms with Crippen LogP contribution in [0, 0.1) is 0 Å². The molecule has 0 spiro atoms. The third-order valence-corrected chi connectivity index (χ3v) is 0.949. The van der Waals surface area contributed by atoms with E-state index in [1.807, 2.05) is 6.92 Å². The van der Waals surface area contributed by atoms with E-state index in [2.05, 4.69) is 10.1 Å². The van der Waals surface area contributed by atoms with Gasteiger partial charge in [-0.1, -0.05) is 6.92 Å². The van der Waals surface area contributed by atoms with Crippen molar-refractivity contribution in [3.63, 3.8) is 0 Å². The Hall–Kier alpha value is -1.06. The molecule has 11 heavy (non-hydrogen) atoms. The Morgan fingerprint density at radius 1 is 1.45 bits per heavy atom. The van der Waals surface area contributed by atoms with Crippen LogP contribution in [0.25, 0.3) is 0 Å². The van der Waals surface area contributed by atoms with Gasteiger partial charge in [-0.05, 0) is 6.42 Å². The Morgan fingerprint density at radius 3 is 2.55 bits per heavy atom. The van der Waals surface area contributed by atoms with E-state index in [-0.39, 0.29) is 18.4 Å². The zero-order valence-corrected chi connectivity index (χ0v) is 6.85. The van der Waals surface area contributed by atoms with Gasteiger partial charge < -0.3 is 10.1 Å². The molecule has 0 atom stereocenters. The van der Waals surface area contributed by atoms with Gasteiger partial charge in [0.05, 0.1) is 6.61 Å². The zero-order chi connectivity index (χ0) is 8.69. The van der Waals surface area contributed by atoms with Gasteiger partial charge in [0.1, 0.15) is 6.54 Å². The van der Waals surface area contributed by atoms with Crippen molar-refractivity contribution in [3.8, 4) is 0 Å². The Balaban J connectivity index is 3.30. The number of hydrogen-bond donors (Lipinski definition) is 1. The smallest absolute Gasteiger partial charge is 0.325 e. The number of carbonyl (C=O) groups is 2. The van der Waals surface area contributed by atoms with Crippen LogP contribution in [0.15, 0.2) is 0 Å². The summed E-state index contributed by atoms with van der Waals surface area (Å²) in [6.45, 7) is 3.65. The van der Waals surface area contributed by atoms with Crippen LogP contribution in [0.3, 0.4) is 0 Å². The second kappa shape index (κ2) is 5.70. The number of ether oxygens (including phenoxy) is 1. The molecule has 0 unspecified atom stereocenters. The molecule has 0 aliphatic carbocycles. The summed E-state index contributed by atoms with van der Waals surface area (Å²) in [5.41, 5.74) is 0. The highest BCUT2D eigenvalue weighted by Gasteiger charge is 2.01. The molecular weight excluding hydrogens is 146 g/mol. The largest absolute Gasteiger partial charge is 0.464 e. The van der Waals surface area contributed by atoms with Gasteiger partial charge >= 0.3 is 5.97 Å². The Bertz CT molecular complexity index is 145. The van der Waals surface area contributed by atoms with E-state index in [0.717, 1.165) is 6.42 Å².